The highest BCUT2D eigenvalue weighted by atomic mass is 79.9. The van der Waals surface area contributed by atoms with Crippen molar-refractivity contribution in [2.75, 3.05) is 19.7 Å². The second kappa shape index (κ2) is 9.36. The summed E-state index contributed by atoms with van der Waals surface area (Å²) in [5.74, 6) is -0.379. The van der Waals surface area contributed by atoms with Crippen LogP contribution in [0.5, 0.6) is 5.75 Å². The number of ether oxygens (including phenoxy) is 1. The van der Waals surface area contributed by atoms with Gasteiger partial charge in [0.1, 0.15) is 11.9 Å². The average molecular weight is 434 g/mol. The number of nitrogens with one attached hydrogen (secondary N) is 1. The maximum Gasteiger partial charge on any atom is 0.573 e. The largest absolute Gasteiger partial charge is 0.573 e. The van der Waals surface area contributed by atoms with Crippen LogP contribution in [0.3, 0.4) is 0 Å². The van der Waals surface area contributed by atoms with Crippen LogP contribution in [-0.2, 0) is 6.42 Å². The van der Waals surface area contributed by atoms with Crippen molar-refractivity contribution in [3.8, 4) is 5.75 Å². The zero-order valence-electron chi connectivity index (χ0n) is 13.8. The minimum Gasteiger partial charge on any atom is -0.406 e. The minimum absolute atomic E-state index is 0.0296. The first-order valence-electron chi connectivity index (χ1n) is 7.94. The topological polar surface area (TPSA) is 61.7 Å². The first kappa shape index (κ1) is 20.7. The van der Waals surface area contributed by atoms with Gasteiger partial charge in [-0.3, -0.25) is 0 Å². The van der Waals surface area contributed by atoms with E-state index in [4.69, 9.17) is 5.11 Å². The van der Waals surface area contributed by atoms with E-state index in [1.807, 2.05) is 12.1 Å². The maximum absolute atomic E-state index is 12.4. The summed E-state index contributed by atoms with van der Waals surface area (Å²) in [5.41, 5.74) is 1.75. The predicted octanol–water partition coefficient (Wildman–Crippen LogP) is 3.55. The lowest BCUT2D eigenvalue weighted by Crippen LogP contribution is -2.21. The normalized spacial score (nSPS) is 12.8. The molecule has 4 nitrogen and oxygen atoms in total. The molecule has 0 aliphatic carbocycles. The summed E-state index contributed by atoms with van der Waals surface area (Å²) in [4.78, 5) is 0. The summed E-state index contributed by atoms with van der Waals surface area (Å²) < 4.78 is 41.9. The monoisotopic (exact) mass is 433 g/mol. The van der Waals surface area contributed by atoms with Gasteiger partial charge in [-0.2, -0.15) is 0 Å². The third-order valence-corrected chi connectivity index (χ3v) is 4.16. The number of hydrogen-bond donors (Lipinski definition) is 3. The Bertz CT molecular complexity index is 725. The van der Waals surface area contributed by atoms with E-state index in [1.54, 1.807) is 12.1 Å². The van der Waals surface area contributed by atoms with Crippen LogP contribution in [0.4, 0.5) is 13.2 Å². The Morgan fingerprint density at radius 3 is 2.58 bits per heavy atom. The quantitative estimate of drug-likeness (QED) is 0.557. The Balaban J connectivity index is 2.24. The summed E-state index contributed by atoms with van der Waals surface area (Å²) in [5, 5.41) is 22.6. The van der Waals surface area contributed by atoms with Gasteiger partial charge in [0, 0.05) is 11.0 Å². The molecule has 2 rings (SSSR count). The van der Waals surface area contributed by atoms with Gasteiger partial charge in [-0.15, -0.1) is 13.2 Å². The van der Waals surface area contributed by atoms with E-state index in [9.17, 15) is 18.3 Å². The molecule has 0 saturated carbocycles. The van der Waals surface area contributed by atoms with E-state index in [2.05, 4.69) is 26.0 Å². The Kier molecular flexibility index (Phi) is 7.45. The molecule has 0 amide bonds. The number of aliphatic hydroxyl groups is 2. The third kappa shape index (κ3) is 6.28. The summed E-state index contributed by atoms with van der Waals surface area (Å²) >= 11 is 3.35. The fourth-order valence-electron chi connectivity index (χ4n) is 2.54. The molecule has 142 valence electrons. The fraction of sp³-hybridized carbons (Fsp3) is 0.333. The smallest absolute Gasteiger partial charge is 0.406 e. The molecular weight excluding hydrogens is 415 g/mol. The fourth-order valence-corrected chi connectivity index (χ4v) is 2.92. The molecule has 2 aromatic rings. The van der Waals surface area contributed by atoms with Crippen LogP contribution >= 0.6 is 15.9 Å². The van der Waals surface area contributed by atoms with Crippen molar-refractivity contribution in [3.63, 3.8) is 0 Å². The molecule has 0 saturated heterocycles. The predicted molar refractivity (Wildman–Crippen MR) is 95.0 cm³/mol. The number of aliphatic hydroxyl groups excluding tert-OH is 2. The van der Waals surface area contributed by atoms with Gasteiger partial charge in [0.15, 0.2) is 0 Å². The number of hydrogen-bond acceptors (Lipinski definition) is 4. The summed E-state index contributed by atoms with van der Waals surface area (Å²) in [6.45, 7) is 1.09. The SMILES string of the molecule is OCCNCCc1ccc(Br)cc1C(O)c1cccc(OC(F)(F)F)c1. The molecule has 0 radical (unpaired) electrons. The maximum atomic E-state index is 12.4. The van der Waals surface area contributed by atoms with Gasteiger partial charge in [0.25, 0.3) is 0 Å². The first-order valence-corrected chi connectivity index (χ1v) is 8.73. The van der Waals surface area contributed by atoms with Crippen LogP contribution < -0.4 is 10.1 Å². The highest BCUT2D eigenvalue weighted by molar-refractivity contribution is 9.10. The van der Waals surface area contributed by atoms with E-state index < -0.39 is 12.5 Å². The Morgan fingerprint density at radius 2 is 1.88 bits per heavy atom. The van der Waals surface area contributed by atoms with E-state index in [0.717, 1.165) is 10.0 Å². The lowest BCUT2D eigenvalue weighted by Gasteiger charge is -2.18. The molecule has 0 fully saturated rings. The van der Waals surface area contributed by atoms with Gasteiger partial charge in [0.05, 0.1) is 6.61 Å². The van der Waals surface area contributed by atoms with Crippen molar-refractivity contribution in [1.82, 2.24) is 5.32 Å². The van der Waals surface area contributed by atoms with Crippen LogP contribution in [0.25, 0.3) is 0 Å². The molecule has 1 atom stereocenters. The van der Waals surface area contributed by atoms with E-state index in [1.165, 1.54) is 18.2 Å². The van der Waals surface area contributed by atoms with Gasteiger partial charge < -0.3 is 20.3 Å². The molecule has 26 heavy (non-hydrogen) atoms. The molecule has 8 heteroatoms. The second-order valence-corrected chi connectivity index (χ2v) is 6.51. The van der Waals surface area contributed by atoms with Crippen molar-refractivity contribution >= 4 is 15.9 Å². The second-order valence-electron chi connectivity index (χ2n) is 5.59. The van der Waals surface area contributed by atoms with E-state index >= 15 is 0 Å². The lowest BCUT2D eigenvalue weighted by atomic mass is 9.95. The van der Waals surface area contributed by atoms with Crippen molar-refractivity contribution < 1.29 is 28.1 Å². The Labute approximate surface area is 157 Å². The molecule has 0 aromatic heterocycles. The summed E-state index contributed by atoms with van der Waals surface area (Å²) in [7, 11) is 0. The van der Waals surface area contributed by atoms with Crippen LogP contribution in [-0.4, -0.2) is 36.3 Å². The number of rotatable bonds is 8. The number of halogens is 4. The van der Waals surface area contributed by atoms with Crippen molar-refractivity contribution in [1.29, 1.82) is 0 Å². The summed E-state index contributed by atoms with van der Waals surface area (Å²) in [6.07, 6.45) is -5.29. The van der Waals surface area contributed by atoms with E-state index in [-0.39, 0.29) is 12.4 Å². The van der Waals surface area contributed by atoms with Gasteiger partial charge in [-0.25, -0.2) is 0 Å². The zero-order chi connectivity index (χ0) is 19.2. The minimum atomic E-state index is -4.79. The van der Waals surface area contributed by atoms with Crippen molar-refractivity contribution in [3.05, 3.63) is 63.6 Å². The van der Waals surface area contributed by atoms with Crippen molar-refractivity contribution in [2.45, 2.75) is 18.9 Å². The van der Waals surface area contributed by atoms with Gasteiger partial charge in [-0.1, -0.05) is 34.1 Å². The zero-order valence-corrected chi connectivity index (χ0v) is 15.3. The first-order chi connectivity index (χ1) is 12.3. The highest BCUT2D eigenvalue weighted by Crippen LogP contribution is 2.31. The number of alkyl halides is 3. The van der Waals surface area contributed by atoms with E-state index in [0.29, 0.717) is 30.6 Å². The summed E-state index contributed by atoms with van der Waals surface area (Å²) in [6, 6.07) is 10.7. The molecule has 1 unspecified atom stereocenters. The number of benzene rings is 2. The molecule has 0 spiro atoms. The Hall–Kier alpha value is -1.61. The third-order valence-electron chi connectivity index (χ3n) is 3.67. The van der Waals surface area contributed by atoms with Crippen molar-refractivity contribution in [2.24, 2.45) is 0 Å². The van der Waals surface area contributed by atoms with Crippen LogP contribution in [0.15, 0.2) is 46.9 Å². The van der Waals surface area contributed by atoms with Crippen LogP contribution in [0.1, 0.15) is 22.8 Å². The molecular formula is C18H19BrF3NO3. The van der Waals surface area contributed by atoms with Crippen LogP contribution in [0.2, 0.25) is 0 Å². The molecule has 0 heterocycles. The molecule has 0 aliphatic rings. The van der Waals surface area contributed by atoms with Gasteiger partial charge >= 0.3 is 6.36 Å². The van der Waals surface area contributed by atoms with Crippen LogP contribution in [0, 0.1) is 0 Å². The Morgan fingerprint density at radius 1 is 1.12 bits per heavy atom. The molecule has 3 N–H and O–H groups in total. The van der Waals surface area contributed by atoms with Gasteiger partial charge in [0.2, 0.25) is 0 Å². The average Bonchev–Trinajstić information content (AvgIpc) is 2.58. The molecule has 2 aromatic carbocycles. The highest BCUT2D eigenvalue weighted by Gasteiger charge is 2.31. The molecule has 0 aliphatic heterocycles. The lowest BCUT2D eigenvalue weighted by molar-refractivity contribution is -0.274. The standard InChI is InChI=1S/C18H19BrF3NO3/c19-14-5-4-12(6-7-23-8-9-24)16(11-14)17(25)13-2-1-3-15(10-13)26-18(20,21)22/h1-5,10-11,17,23-25H,6-9H2. The van der Waals surface area contributed by atoms with Gasteiger partial charge in [-0.05, 0) is 53.9 Å². The molecule has 0 bridgehead atoms.